The summed E-state index contributed by atoms with van der Waals surface area (Å²) in [7, 11) is -3.50. The molecule has 0 saturated carbocycles. The summed E-state index contributed by atoms with van der Waals surface area (Å²) in [6.07, 6.45) is 0.960. The number of piperidine rings is 1. The lowest BCUT2D eigenvalue weighted by molar-refractivity contribution is -0.126. The zero-order chi connectivity index (χ0) is 24.7. The second-order valence-corrected chi connectivity index (χ2v) is 10.7. The van der Waals surface area contributed by atoms with Gasteiger partial charge in [0.25, 0.3) is 0 Å². The number of carbonyl (C=O) groups excluding carboxylic acids is 1. The molecule has 0 aromatic heterocycles. The van der Waals surface area contributed by atoms with Crippen molar-refractivity contribution in [2.75, 3.05) is 26.3 Å². The van der Waals surface area contributed by atoms with E-state index >= 15 is 0 Å². The van der Waals surface area contributed by atoms with Crippen molar-refractivity contribution in [2.24, 2.45) is 5.92 Å². The Morgan fingerprint density at radius 1 is 1.09 bits per heavy atom. The quantitative estimate of drug-likeness (QED) is 0.508. The van der Waals surface area contributed by atoms with Crippen LogP contribution in [0.15, 0.2) is 42.5 Å². The number of sulfonamides is 1. The minimum Gasteiger partial charge on any atom is -0.490 e. The molecule has 2 aromatic carbocycles. The summed E-state index contributed by atoms with van der Waals surface area (Å²) in [5, 5.41) is 3.51. The van der Waals surface area contributed by atoms with Gasteiger partial charge in [-0.1, -0.05) is 35.9 Å². The number of nitrogens with zero attached hydrogens (tertiary/aromatic N) is 1. The number of carbonyl (C=O) groups is 1. The average molecular weight is 509 g/mol. The van der Waals surface area contributed by atoms with Crippen molar-refractivity contribution < 1.29 is 22.7 Å². The summed E-state index contributed by atoms with van der Waals surface area (Å²) < 4.78 is 38.5. The van der Waals surface area contributed by atoms with Crippen molar-refractivity contribution >= 4 is 27.5 Å². The maximum atomic E-state index is 12.9. The van der Waals surface area contributed by atoms with Crippen LogP contribution < -0.4 is 14.8 Å². The molecule has 0 bridgehead atoms. The summed E-state index contributed by atoms with van der Waals surface area (Å²) in [5.41, 5.74) is 1.50. The van der Waals surface area contributed by atoms with Crippen LogP contribution in [0.2, 0.25) is 5.02 Å². The predicted octanol–water partition coefficient (Wildman–Crippen LogP) is 4.56. The molecular formula is C25H33ClN2O5S. The summed E-state index contributed by atoms with van der Waals surface area (Å²) in [6.45, 7) is 7.44. The van der Waals surface area contributed by atoms with Crippen LogP contribution in [0.25, 0.3) is 0 Å². The minimum atomic E-state index is -3.50. The van der Waals surface area contributed by atoms with Crippen molar-refractivity contribution in [1.82, 2.24) is 9.62 Å². The Balaban J connectivity index is 1.57. The van der Waals surface area contributed by atoms with Gasteiger partial charge in [0, 0.05) is 24.0 Å². The van der Waals surface area contributed by atoms with Gasteiger partial charge in [-0.2, -0.15) is 0 Å². The molecule has 1 atom stereocenters. The Hall–Kier alpha value is -2.29. The van der Waals surface area contributed by atoms with Crippen molar-refractivity contribution in [1.29, 1.82) is 0 Å². The summed E-state index contributed by atoms with van der Waals surface area (Å²) >= 11 is 6.13. The van der Waals surface area contributed by atoms with Gasteiger partial charge in [-0.25, -0.2) is 12.7 Å². The van der Waals surface area contributed by atoms with E-state index in [1.807, 2.05) is 39.0 Å². The third kappa shape index (κ3) is 6.64. The zero-order valence-corrected chi connectivity index (χ0v) is 21.5. The van der Waals surface area contributed by atoms with Crippen molar-refractivity contribution in [3.05, 3.63) is 58.6 Å². The Morgan fingerprint density at radius 3 is 2.38 bits per heavy atom. The van der Waals surface area contributed by atoms with Gasteiger partial charge in [-0.15, -0.1) is 0 Å². The Bertz CT molecular complexity index is 1080. The first kappa shape index (κ1) is 26.3. The van der Waals surface area contributed by atoms with Crippen LogP contribution in [0.1, 0.15) is 50.8 Å². The number of hydrogen-bond donors (Lipinski definition) is 1. The zero-order valence-electron chi connectivity index (χ0n) is 19.9. The fourth-order valence-electron chi connectivity index (χ4n) is 4.05. The molecule has 1 unspecified atom stereocenters. The van der Waals surface area contributed by atoms with E-state index in [9.17, 15) is 13.2 Å². The monoisotopic (exact) mass is 508 g/mol. The number of nitrogens with one attached hydrogen (secondary N) is 1. The highest BCUT2D eigenvalue weighted by Crippen LogP contribution is 2.31. The second-order valence-electron chi connectivity index (χ2n) is 8.32. The van der Waals surface area contributed by atoms with Gasteiger partial charge in [0.05, 0.1) is 25.0 Å². The van der Waals surface area contributed by atoms with E-state index in [4.69, 9.17) is 21.1 Å². The van der Waals surface area contributed by atoms with Crippen molar-refractivity contribution in [3.63, 3.8) is 0 Å². The molecule has 2 aromatic rings. The number of ether oxygens (including phenoxy) is 2. The molecule has 1 fully saturated rings. The second kappa shape index (κ2) is 11.9. The number of hydrogen-bond acceptors (Lipinski definition) is 5. The normalized spacial score (nSPS) is 16.1. The molecule has 0 spiro atoms. The van der Waals surface area contributed by atoms with E-state index in [0.29, 0.717) is 61.2 Å². The number of rotatable bonds is 10. The molecule has 1 heterocycles. The molecule has 34 heavy (non-hydrogen) atoms. The van der Waals surface area contributed by atoms with E-state index < -0.39 is 10.0 Å². The van der Waals surface area contributed by atoms with E-state index in [2.05, 4.69) is 5.32 Å². The summed E-state index contributed by atoms with van der Waals surface area (Å²) in [4.78, 5) is 12.9. The predicted molar refractivity (Wildman–Crippen MR) is 134 cm³/mol. The third-order valence-electron chi connectivity index (χ3n) is 5.94. The Morgan fingerprint density at radius 2 is 1.74 bits per heavy atom. The van der Waals surface area contributed by atoms with Gasteiger partial charge in [0.2, 0.25) is 15.9 Å². The lowest BCUT2D eigenvalue weighted by atomic mass is 9.96. The first-order chi connectivity index (χ1) is 16.2. The molecule has 1 N–H and O–H groups in total. The van der Waals surface area contributed by atoms with E-state index in [-0.39, 0.29) is 23.6 Å². The summed E-state index contributed by atoms with van der Waals surface area (Å²) in [6, 6.07) is 12.4. The van der Waals surface area contributed by atoms with Gasteiger partial charge in [-0.05, 0) is 62.9 Å². The van der Waals surface area contributed by atoms with E-state index in [1.54, 1.807) is 24.3 Å². The minimum absolute atomic E-state index is 0.0671. The molecule has 0 radical (unpaired) electrons. The highest BCUT2D eigenvalue weighted by molar-refractivity contribution is 7.88. The van der Waals surface area contributed by atoms with Crippen LogP contribution in [0.5, 0.6) is 11.5 Å². The SMILES string of the molecule is CCOc1ccc(C(C)NC(=O)C2CCN(S(=O)(=O)Cc3ccccc3Cl)CC2)cc1OCC. The highest BCUT2D eigenvalue weighted by Gasteiger charge is 2.32. The standard InChI is InChI=1S/C25H33ClN2O5S/c1-4-32-23-11-10-20(16-24(23)33-5-2)18(3)27-25(29)19-12-14-28(15-13-19)34(30,31)17-21-8-6-7-9-22(21)26/h6-11,16,18-19H,4-5,12-15,17H2,1-3H3,(H,27,29). The maximum absolute atomic E-state index is 12.9. The van der Waals surface area contributed by atoms with E-state index in [1.165, 1.54) is 4.31 Å². The van der Waals surface area contributed by atoms with Crippen molar-refractivity contribution in [3.8, 4) is 11.5 Å². The molecule has 186 valence electrons. The van der Waals surface area contributed by atoms with Crippen molar-refractivity contribution in [2.45, 2.75) is 45.4 Å². The third-order valence-corrected chi connectivity index (χ3v) is 8.14. The summed E-state index contributed by atoms with van der Waals surface area (Å²) in [5.74, 6) is 0.892. The smallest absolute Gasteiger partial charge is 0.223 e. The molecule has 1 aliphatic heterocycles. The van der Waals surface area contributed by atoms with Gasteiger partial charge >= 0.3 is 0 Å². The largest absolute Gasteiger partial charge is 0.490 e. The first-order valence-corrected chi connectivity index (χ1v) is 13.6. The highest BCUT2D eigenvalue weighted by atomic mass is 35.5. The van der Waals surface area contributed by atoms with Crippen LogP contribution in [-0.2, 0) is 20.6 Å². The topological polar surface area (TPSA) is 84.9 Å². The van der Waals surface area contributed by atoms with Gasteiger partial charge in [-0.3, -0.25) is 4.79 Å². The molecule has 7 nitrogen and oxygen atoms in total. The van der Waals surface area contributed by atoms with Crippen LogP contribution >= 0.6 is 11.6 Å². The molecule has 1 saturated heterocycles. The number of amides is 1. The molecular weight excluding hydrogens is 476 g/mol. The lowest BCUT2D eigenvalue weighted by Crippen LogP contribution is -2.43. The number of benzene rings is 2. The van der Waals surface area contributed by atoms with Gasteiger partial charge in [0.1, 0.15) is 0 Å². The molecule has 1 aliphatic rings. The Labute approximate surface area is 207 Å². The van der Waals surface area contributed by atoms with Crippen LogP contribution in [0, 0.1) is 5.92 Å². The Kier molecular flexibility index (Phi) is 9.22. The molecule has 0 aliphatic carbocycles. The fourth-order valence-corrected chi connectivity index (χ4v) is 5.93. The van der Waals surface area contributed by atoms with E-state index in [0.717, 1.165) is 5.56 Å². The lowest BCUT2D eigenvalue weighted by Gasteiger charge is -2.31. The van der Waals surface area contributed by atoms with Crippen LogP contribution in [0.4, 0.5) is 0 Å². The van der Waals surface area contributed by atoms with Gasteiger partial charge in [0.15, 0.2) is 11.5 Å². The maximum Gasteiger partial charge on any atom is 0.223 e. The molecule has 3 rings (SSSR count). The van der Waals surface area contributed by atoms with Gasteiger partial charge < -0.3 is 14.8 Å². The molecule has 1 amide bonds. The van der Waals surface area contributed by atoms with Crippen LogP contribution in [0.3, 0.4) is 0 Å². The first-order valence-electron chi connectivity index (χ1n) is 11.7. The number of halogens is 1. The average Bonchev–Trinajstić information content (AvgIpc) is 2.82. The molecule has 9 heteroatoms. The van der Waals surface area contributed by atoms with Crippen LogP contribution in [-0.4, -0.2) is 44.9 Å². The fraction of sp³-hybridized carbons (Fsp3) is 0.480.